The Bertz CT molecular complexity index is 1550. The molecule has 0 aliphatic carbocycles. The summed E-state index contributed by atoms with van der Waals surface area (Å²) in [6.45, 7) is 6.15. The van der Waals surface area contributed by atoms with E-state index in [0.717, 1.165) is 38.8 Å². The smallest absolute Gasteiger partial charge is 0.170 e. The molecule has 0 spiro atoms. The van der Waals surface area contributed by atoms with Gasteiger partial charge in [0.1, 0.15) is 12.4 Å². The lowest BCUT2D eigenvalue weighted by Gasteiger charge is -2.38. The molecule has 0 amide bonds. The topological polar surface area (TPSA) is 97.7 Å². The standard InChI is InChI=1S/C28H26N6OS/c1-18(33(3)4)31-28(2,27-13-22(17-36-27)20-8-6-7-19(11-20)14-29)24(16-35)21-9-10-23-25(15-30)32-34(5)26(23)12-21/h6-13,16-17,24,31H,1H2,2-5H3. The summed E-state index contributed by atoms with van der Waals surface area (Å²) in [5, 5.41) is 29.3. The summed E-state index contributed by atoms with van der Waals surface area (Å²) in [6, 6.07) is 19.5. The van der Waals surface area contributed by atoms with Gasteiger partial charge in [0.25, 0.3) is 0 Å². The molecule has 1 N–H and O–H groups in total. The van der Waals surface area contributed by atoms with Crippen LogP contribution in [0.5, 0.6) is 0 Å². The molecule has 2 aromatic heterocycles. The number of aldehydes is 1. The molecule has 0 saturated carbocycles. The first-order chi connectivity index (χ1) is 17.2. The molecular weight excluding hydrogens is 468 g/mol. The Labute approximate surface area is 214 Å². The van der Waals surface area contributed by atoms with Crippen molar-refractivity contribution in [3.63, 3.8) is 0 Å². The summed E-state index contributed by atoms with van der Waals surface area (Å²) in [5.41, 5.74) is 3.61. The van der Waals surface area contributed by atoms with Crippen molar-refractivity contribution in [1.29, 1.82) is 10.5 Å². The monoisotopic (exact) mass is 494 g/mol. The summed E-state index contributed by atoms with van der Waals surface area (Å²) in [4.78, 5) is 15.5. The molecular formula is C28H26N6OS. The molecule has 0 aliphatic heterocycles. The van der Waals surface area contributed by atoms with Crippen molar-refractivity contribution in [2.45, 2.75) is 18.4 Å². The van der Waals surface area contributed by atoms with Gasteiger partial charge in [-0.25, -0.2) is 0 Å². The fourth-order valence-corrected chi connectivity index (χ4v) is 5.41. The molecule has 2 heterocycles. The summed E-state index contributed by atoms with van der Waals surface area (Å²) < 4.78 is 1.66. The summed E-state index contributed by atoms with van der Waals surface area (Å²) >= 11 is 1.55. The molecule has 0 fully saturated rings. The van der Waals surface area contributed by atoms with E-state index in [1.54, 1.807) is 29.1 Å². The van der Waals surface area contributed by atoms with Crippen LogP contribution in [0.2, 0.25) is 0 Å². The van der Waals surface area contributed by atoms with Gasteiger partial charge in [0.05, 0.1) is 34.4 Å². The van der Waals surface area contributed by atoms with Crippen LogP contribution in [0.1, 0.15) is 34.5 Å². The number of benzene rings is 2. The van der Waals surface area contributed by atoms with E-state index in [-0.39, 0.29) is 0 Å². The number of hydrogen-bond donors (Lipinski definition) is 1. The maximum atomic E-state index is 12.7. The molecule has 4 aromatic rings. The predicted octanol–water partition coefficient (Wildman–Crippen LogP) is 4.87. The minimum Gasteiger partial charge on any atom is -0.365 e. The molecule has 36 heavy (non-hydrogen) atoms. The van der Waals surface area contributed by atoms with E-state index in [1.807, 2.05) is 67.7 Å². The minimum absolute atomic E-state index is 0.353. The van der Waals surface area contributed by atoms with Gasteiger partial charge >= 0.3 is 0 Å². The van der Waals surface area contributed by atoms with E-state index in [4.69, 9.17) is 0 Å². The van der Waals surface area contributed by atoms with Gasteiger partial charge < -0.3 is 15.0 Å². The fraction of sp³-hybridized carbons (Fsp3) is 0.214. The molecule has 0 bridgehead atoms. The molecule has 180 valence electrons. The second kappa shape index (κ2) is 9.69. The second-order valence-corrected chi connectivity index (χ2v) is 9.95. The van der Waals surface area contributed by atoms with Gasteiger partial charge in [0.2, 0.25) is 0 Å². The normalized spacial score (nSPS) is 13.3. The van der Waals surface area contributed by atoms with Crippen LogP contribution in [0.15, 0.2) is 66.3 Å². The predicted molar refractivity (Wildman–Crippen MR) is 142 cm³/mol. The molecule has 0 saturated heterocycles. The van der Waals surface area contributed by atoms with E-state index in [9.17, 15) is 15.3 Å². The number of nitrogens with one attached hydrogen (secondary N) is 1. The molecule has 0 aliphatic rings. The molecule has 7 nitrogen and oxygen atoms in total. The second-order valence-electron chi connectivity index (χ2n) is 9.04. The number of rotatable bonds is 8. The third-order valence-corrected chi connectivity index (χ3v) is 7.65. The quantitative estimate of drug-likeness (QED) is 0.351. The van der Waals surface area contributed by atoms with Crippen LogP contribution in [0.3, 0.4) is 0 Å². The molecule has 2 unspecified atom stereocenters. The fourth-order valence-electron chi connectivity index (χ4n) is 4.33. The molecule has 2 atom stereocenters. The molecule has 8 heteroatoms. The van der Waals surface area contributed by atoms with Crippen LogP contribution >= 0.6 is 11.3 Å². The Morgan fingerprint density at radius 1 is 1.19 bits per heavy atom. The zero-order valence-corrected chi connectivity index (χ0v) is 21.4. The maximum Gasteiger partial charge on any atom is 0.170 e. The van der Waals surface area contributed by atoms with Gasteiger partial charge in [0, 0.05) is 31.4 Å². The number of hydrogen-bond acceptors (Lipinski definition) is 7. The molecule has 2 aromatic carbocycles. The van der Waals surface area contributed by atoms with Crippen molar-refractivity contribution < 1.29 is 4.79 Å². The summed E-state index contributed by atoms with van der Waals surface area (Å²) in [7, 11) is 5.57. The van der Waals surface area contributed by atoms with Gasteiger partial charge in [-0.15, -0.1) is 11.3 Å². The van der Waals surface area contributed by atoms with Gasteiger partial charge in [-0.2, -0.15) is 15.6 Å². The van der Waals surface area contributed by atoms with Crippen LogP contribution in [-0.4, -0.2) is 35.1 Å². The molecule has 4 rings (SSSR count). The Morgan fingerprint density at radius 3 is 2.64 bits per heavy atom. The van der Waals surface area contributed by atoms with Crippen molar-refractivity contribution >= 4 is 28.5 Å². The Morgan fingerprint density at radius 2 is 1.97 bits per heavy atom. The van der Waals surface area contributed by atoms with E-state index < -0.39 is 11.5 Å². The van der Waals surface area contributed by atoms with E-state index in [2.05, 4.69) is 35.2 Å². The SMILES string of the molecule is C=C(NC(C)(c1cc(-c2cccc(C#N)c2)cs1)C(C=O)c1ccc2c(C#N)nn(C)c2c1)N(C)C. The van der Waals surface area contributed by atoms with Crippen molar-refractivity contribution in [1.82, 2.24) is 20.0 Å². The van der Waals surface area contributed by atoms with Crippen LogP contribution in [-0.2, 0) is 17.4 Å². The maximum absolute atomic E-state index is 12.7. The van der Waals surface area contributed by atoms with Crippen LogP contribution in [0.4, 0.5) is 0 Å². The molecule has 0 radical (unpaired) electrons. The lowest BCUT2D eigenvalue weighted by molar-refractivity contribution is -0.110. The van der Waals surface area contributed by atoms with Crippen LogP contribution in [0, 0.1) is 22.7 Å². The first kappa shape index (κ1) is 24.7. The number of nitrogens with zero attached hydrogens (tertiary/aromatic N) is 5. The highest BCUT2D eigenvalue weighted by Crippen LogP contribution is 2.42. The van der Waals surface area contributed by atoms with E-state index in [1.165, 1.54) is 0 Å². The first-order valence-corrected chi connectivity index (χ1v) is 12.2. The highest BCUT2D eigenvalue weighted by Gasteiger charge is 2.39. The third kappa shape index (κ3) is 4.35. The first-order valence-electron chi connectivity index (χ1n) is 11.3. The number of thiophene rings is 1. The van der Waals surface area contributed by atoms with Gasteiger partial charge in [-0.05, 0) is 59.3 Å². The lowest BCUT2D eigenvalue weighted by Crippen LogP contribution is -2.46. The number of aryl methyl sites for hydroxylation is 1. The Hall–Kier alpha value is -4.40. The van der Waals surface area contributed by atoms with Crippen molar-refractivity contribution in [2.24, 2.45) is 7.05 Å². The van der Waals surface area contributed by atoms with Crippen molar-refractivity contribution in [3.8, 4) is 23.3 Å². The van der Waals surface area contributed by atoms with Gasteiger partial charge in [-0.1, -0.05) is 24.8 Å². The Kier molecular flexibility index (Phi) is 6.65. The average Bonchev–Trinajstić information content (AvgIpc) is 3.50. The van der Waals surface area contributed by atoms with Crippen LogP contribution < -0.4 is 5.32 Å². The summed E-state index contributed by atoms with van der Waals surface area (Å²) in [5.74, 6) is 0.0927. The number of carbonyl (C=O) groups is 1. The van der Waals surface area contributed by atoms with Crippen molar-refractivity contribution in [2.75, 3.05) is 14.1 Å². The van der Waals surface area contributed by atoms with Gasteiger partial charge in [0.15, 0.2) is 5.69 Å². The van der Waals surface area contributed by atoms with E-state index in [0.29, 0.717) is 17.1 Å². The third-order valence-electron chi connectivity index (χ3n) is 6.48. The van der Waals surface area contributed by atoms with Crippen LogP contribution in [0.25, 0.3) is 22.0 Å². The Balaban J connectivity index is 1.84. The lowest BCUT2D eigenvalue weighted by atomic mass is 9.79. The zero-order chi connectivity index (χ0) is 26.0. The van der Waals surface area contributed by atoms with Crippen molar-refractivity contribution in [3.05, 3.63) is 88.0 Å². The van der Waals surface area contributed by atoms with Gasteiger partial charge in [-0.3, -0.25) is 4.68 Å². The highest BCUT2D eigenvalue weighted by atomic mass is 32.1. The average molecular weight is 495 g/mol. The minimum atomic E-state index is -0.830. The highest BCUT2D eigenvalue weighted by molar-refractivity contribution is 7.10. The number of aromatic nitrogens is 2. The number of fused-ring (bicyclic) bond motifs is 1. The van der Waals surface area contributed by atoms with E-state index >= 15 is 0 Å². The largest absolute Gasteiger partial charge is 0.365 e. The number of nitriles is 2. The zero-order valence-electron chi connectivity index (χ0n) is 20.6. The summed E-state index contributed by atoms with van der Waals surface area (Å²) in [6.07, 6.45) is 0.953. The number of carbonyl (C=O) groups excluding carboxylic acids is 1.